The summed E-state index contributed by atoms with van der Waals surface area (Å²) in [7, 11) is 0. The van der Waals surface area contributed by atoms with Gasteiger partial charge in [0.2, 0.25) is 0 Å². The van der Waals surface area contributed by atoms with E-state index in [1.54, 1.807) is 22.6 Å². The lowest BCUT2D eigenvalue weighted by atomic mass is 10.2. The van der Waals surface area contributed by atoms with Crippen LogP contribution in [0.25, 0.3) is 0 Å². The van der Waals surface area contributed by atoms with Gasteiger partial charge in [-0.05, 0) is 45.2 Å². The van der Waals surface area contributed by atoms with Crippen LogP contribution in [0.3, 0.4) is 0 Å². The molecule has 66 valence electrons. The van der Waals surface area contributed by atoms with Gasteiger partial charge in [-0.25, -0.2) is 13.8 Å². The molecule has 1 aromatic rings. The summed E-state index contributed by atoms with van der Waals surface area (Å²) in [6.07, 6.45) is -1.08. The lowest BCUT2D eigenvalue weighted by Crippen LogP contribution is -2.02. The molecule has 2 nitrogen and oxygen atoms in total. The maximum absolute atomic E-state index is 12.3. The Bertz CT molecular complexity index is 304. The van der Waals surface area contributed by atoms with Crippen molar-refractivity contribution < 1.29 is 8.78 Å². The van der Waals surface area contributed by atoms with E-state index in [1.807, 2.05) is 22.6 Å². The van der Waals surface area contributed by atoms with Gasteiger partial charge in [0, 0.05) is 6.20 Å². The minimum absolute atomic E-state index is 0.130. The highest BCUT2D eigenvalue weighted by atomic mass is 127. The molecule has 6 heteroatoms. The second-order valence-corrected chi connectivity index (χ2v) is 4.21. The van der Waals surface area contributed by atoms with Gasteiger partial charge in [-0.3, -0.25) is 0 Å². The third-order valence-corrected chi connectivity index (χ3v) is 3.00. The highest BCUT2D eigenvalue weighted by molar-refractivity contribution is 14.1. The number of anilines is 1. The first-order valence-corrected chi connectivity index (χ1v) is 5.07. The van der Waals surface area contributed by atoms with Crippen LogP contribution in [-0.4, -0.2) is 4.98 Å². The molecule has 0 aliphatic rings. The summed E-state index contributed by atoms with van der Waals surface area (Å²) >= 11 is 3.62. The van der Waals surface area contributed by atoms with Crippen LogP contribution in [-0.2, 0) is 0 Å². The lowest BCUT2D eigenvalue weighted by Gasteiger charge is -2.07. The van der Waals surface area contributed by atoms with E-state index in [-0.39, 0.29) is 15.0 Å². The van der Waals surface area contributed by atoms with E-state index in [2.05, 4.69) is 4.98 Å². The molecule has 1 aromatic heterocycles. The number of nitrogens with two attached hydrogens (primary N) is 1. The molecule has 12 heavy (non-hydrogen) atoms. The zero-order valence-corrected chi connectivity index (χ0v) is 10.0. The minimum Gasteiger partial charge on any atom is -0.397 e. The predicted molar refractivity (Wildman–Crippen MR) is 59.0 cm³/mol. The smallest absolute Gasteiger partial charge is 0.268 e. The molecular weight excluding hydrogens is 392 g/mol. The fourth-order valence-electron chi connectivity index (χ4n) is 0.700. The van der Waals surface area contributed by atoms with Crippen molar-refractivity contribution in [1.29, 1.82) is 0 Å². The zero-order valence-electron chi connectivity index (χ0n) is 5.69. The Morgan fingerprint density at radius 1 is 1.42 bits per heavy atom. The summed E-state index contributed by atoms with van der Waals surface area (Å²) < 4.78 is 25.5. The van der Waals surface area contributed by atoms with E-state index >= 15 is 0 Å². The Balaban J connectivity index is 3.33. The molecule has 0 spiro atoms. The third-order valence-electron chi connectivity index (χ3n) is 1.28. The number of pyridine rings is 1. The predicted octanol–water partition coefficient (Wildman–Crippen LogP) is 2.81. The molecule has 0 fully saturated rings. The van der Waals surface area contributed by atoms with Gasteiger partial charge in [-0.15, -0.1) is 0 Å². The highest BCUT2D eigenvalue weighted by Crippen LogP contribution is 2.31. The standard InChI is InChI=1S/C6H4F2I2N2/c7-5(8)3-4(11)2(9)1-12-6(3)10/h1,5H,(H2,11,12). The van der Waals surface area contributed by atoms with Gasteiger partial charge in [0.05, 0.1) is 14.8 Å². The van der Waals surface area contributed by atoms with Gasteiger partial charge in [0.15, 0.2) is 0 Å². The van der Waals surface area contributed by atoms with Crippen molar-refractivity contribution in [2.75, 3.05) is 5.73 Å². The molecule has 1 rings (SSSR count). The summed E-state index contributed by atoms with van der Waals surface area (Å²) in [5.41, 5.74) is 5.42. The Labute approximate surface area is 95.2 Å². The van der Waals surface area contributed by atoms with Crippen molar-refractivity contribution in [3.63, 3.8) is 0 Å². The first-order chi connectivity index (χ1) is 5.54. The molecule has 0 radical (unpaired) electrons. The van der Waals surface area contributed by atoms with Gasteiger partial charge >= 0.3 is 0 Å². The van der Waals surface area contributed by atoms with Crippen molar-refractivity contribution in [1.82, 2.24) is 4.98 Å². The molecule has 2 N–H and O–H groups in total. The van der Waals surface area contributed by atoms with E-state index in [9.17, 15) is 8.78 Å². The number of nitrogen functional groups attached to an aromatic ring is 1. The second kappa shape index (κ2) is 3.99. The Morgan fingerprint density at radius 2 is 2.00 bits per heavy atom. The zero-order chi connectivity index (χ0) is 9.30. The van der Waals surface area contributed by atoms with Crippen LogP contribution in [0.5, 0.6) is 0 Å². The van der Waals surface area contributed by atoms with Crippen LogP contribution in [0.2, 0.25) is 0 Å². The molecule has 0 bridgehead atoms. The van der Waals surface area contributed by atoms with Gasteiger partial charge in [-0.1, -0.05) is 0 Å². The van der Waals surface area contributed by atoms with E-state index in [1.165, 1.54) is 6.20 Å². The molecule has 0 saturated heterocycles. The number of hydrogen-bond donors (Lipinski definition) is 1. The van der Waals surface area contributed by atoms with Crippen LogP contribution in [0.4, 0.5) is 14.5 Å². The summed E-state index contributed by atoms with van der Waals surface area (Å²) in [6, 6.07) is 0. The number of aromatic nitrogens is 1. The van der Waals surface area contributed by atoms with Crippen LogP contribution in [0.1, 0.15) is 12.0 Å². The Morgan fingerprint density at radius 3 is 2.42 bits per heavy atom. The van der Waals surface area contributed by atoms with Gasteiger partial charge in [0.25, 0.3) is 6.43 Å². The molecule has 1 heterocycles. The molecule has 0 amide bonds. The SMILES string of the molecule is Nc1c(I)cnc(I)c1C(F)F. The number of hydrogen-bond acceptors (Lipinski definition) is 2. The van der Waals surface area contributed by atoms with Crippen LogP contribution < -0.4 is 5.73 Å². The molecule has 0 atom stereocenters. The first kappa shape index (κ1) is 10.4. The van der Waals surface area contributed by atoms with Gasteiger partial charge < -0.3 is 5.73 Å². The molecule has 0 saturated carbocycles. The maximum atomic E-state index is 12.3. The molecule has 0 aromatic carbocycles. The van der Waals surface area contributed by atoms with Gasteiger partial charge in [0.1, 0.15) is 3.70 Å². The molecular formula is C6H4F2I2N2. The number of nitrogens with zero attached hydrogens (tertiary/aromatic N) is 1. The Hall–Kier alpha value is 0.270. The fourth-order valence-corrected chi connectivity index (χ4v) is 1.79. The average Bonchev–Trinajstić information content (AvgIpc) is 1.97. The maximum Gasteiger partial charge on any atom is 0.268 e. The van der Waals surface area contributed by atoms with E-state index in [0.29, 0.717) is 3.57 Å². The summed E-state index contributed by atoms with van der Waals surface area (Å²) in [6.45, 7) is 0. The third kappa shape index (κ3) is 1.95. The topological polar surface area (TPSA) is 38.9 Å². The normalized spacial score (nSPS) is 10.8. The van der Waals surface area contributed by atoms with Crippen molar-refractivity contribution >= 4 is 50.9 Å². The van der Waals surface area contributed by atoms with Gasteiger partial charge in [-0.2, -0.15) is 0 Å². The van der Waals surface area contributed by atoms with Crippen LogP contribution in [0, 0.1) is 7.27 Å². The molecule has 0 unspecified atom stereocenters. The number of alkyl halides is 2. The van der Waals surface area contributed by atoms with E-state index in [0.717, 1.165) is 0 Å². The highest BCUT2D eigenvalue weighted by Gasteiger charge is 2.17. The lowest BCUT2D eigenvalue weighted by molar-refractivity contribution is 0.150. The Kier molecular flexibility index (Phi) is 3.44. The van der Waals surface area contributed by atoms with Crippen molar-refractivity contribution in [2.24, 2.45) is 0 Å². The first-order valence-electron chi connectivity index (χ1n) is 2.91. The average molecular weight is 396 g/mol. The van der Waals surface area contributed by atoms with Crippen LogP contribution >= 0.6 is 45.2 Å². The van der Waals surface area contributed by atoms with Crippen molar-refractivity contribution in [3.8, 4) is 0 Å². The molecule has 0 aliphatic heterocycles. The summed E-state index contributed by atoms with van der Waals surface area (Å²) in [5.74, 6) is 0. The van der Waals surface area contributed by atoms with Crippen molar-refractivity contribution in [2.45, 2.75) is 6.43 Å². The fraction of sp³-hybridized carbons (Fsp3) is 0.167. The second-order valence-electron chi connectivity index (χ2n) is 2.02. The number of halogens is 4. The van der Waals surface area contributed by atoms with Crippen LogP contribution in [0.15, 0.2) is 6.20 Å². The van der Waals surface area contributed by atoms with Crippen molar-refractivity contribution in [3.05, 3.63) is 19.0 Å². The van der Waals surface area contributed by atoms with E-state index in [4.69, 9.17) is 5.73 Å². The largest absolute Gasteiger partial charge is 0.397 e. The monoisotopic (exact) mass is 396 g/mol. The van der Waals surface area contributed by atoms with E-state index < -0.39 is 6.43 Å². The summed E-state index contributed by atoms with van der Waals surface area (Å²) in [5, 5.41) is 0. The minimum atomic E-state index is -2.56. The quantitative estimate of drug-likeness (QED) is 0.586. The summed E-state index contributed by atoms with van der Waals surface area (Å²) in [4.78, 5) is 3.78. The molecule has 0 aliphatic carbocycles. The number of rotatable bonds is 1.